The Hall–Kier alpha value is -1.77. The van der Waals surface area contributed by atoms with E-state index in [1.165, 1.54) is 0 Å². The van der Waals surface area contributed by atoms with Crippen LogP contribution < -0.4 is 4.74 Å². The first-order chi connectivity index (χ1) is 6.81. The fourth-order valence-corrected chi connectivity index (χ4v) is 1.34. The summed E-state index contributed by atoms with van der Waals surface area (Å²) >= 11 is 0. The van der Waals surface area contributed by atoms with E-state index >= 15 is 0 Å². The second-order valence-corrected chi connectivity index (χ2v) is 2.93. The van der Waals surface area contributed by atoms with Crippen LogP contribution in [0.15, 0.2) is 30.3 Å². The number of pyridine rings is 1. The summed E-state index contributed by atoms with van der Waals surface area (Å²) in [6, 6.07) is 8.99. The van der Waals surface area contributed by atoms with Crippen molar-refractivity contribution in [1.82, 2.24) is 4.98 Å². The molecule has 1 aromatic heterocycles. The lowest BCUT2D eigenvalue weighted by Gasteiger charge is -2.04. The number of ether oxygens (including phenoxy) is 1. The summed E-state index contributed by atoms with van der Waals surface area (Å²) in [5.74, 6) is 0.727. The maximum Gasteiger partial charge on any atom is 0.213 e. The predicted molar refractivity (Wildman–Crippen MR) is 54.6 cm³/mol. The molecular formula is C11H11NO2. The van der Waals surface area contributed by atoms with Gasteiger partial charge in [-0.25, -0.2) is 4.98 Å². The third-order valence-electron chi connectivity index (χ3n) is 1.97. The minimum Gasteiger partial charge on any atom is -0.506 e. The van der Waals surface area contributed by atoms with Crippen molar-refractivity contribution in [3.05, 3.63) is 30.3 Å². The maximum atomic E-state index is 9.55. The van der Waals surface area contributed by atoms with Crippen molar-refractivity contribution in [2.45, 2.75) is 6.92 Å². The van der Waals surface area contributed by atoms with Crippen LogP contribution >= 0.6 is 0 Å². The lowest BCUT2D eigenvalue weighted by atomic mass is 10.2. The number of benzene rings is 1. The molecule has 0 unspecified atom stereocenters. The first-order valence-electron chi connectivity index (χ1n) is 4.53. The van der Waals surface area contributed by atoms with Crippen molar-refractivity contribution in [3.8, 4) is 11.6 Å². The quantitative estimate of drug-likeness (QED) is 0.788. The minimum atomic E-state index is 0.184. The molecule has 3 nitrogen and oxygen atoms in total. The van der Waals surface area contributed by atoms with Gasteiger partial charge in [0.25, 0.3) is 0 Å². The van der Waals surface area contributed by atoms with Gasteiger partial charge in [0.05, 0.1) is 6.61 Å². The van der Waals surface area contributed by atoms with E-state index in [-0.39, 0.29) is 5.75 Å². The number of phenolic OH excluding ortho intramolecular Hbond substituents is 1. The van der Waals surface area contributed by atoms with Gasteiger partial charge in [-0.1, -0.05) is 12.1 Å². The van der Waals surface area contributed by atoms with E-state index in [0.29, 0.717) is 18.0 Å². The van der Waals surface area contributed by atoms with Gasteiger partial charge < -0.3 is 9.84 Å². The molecule has 0 bridgehead atoms. The second kappa shape index (κ2) is 3.54. The van der Waals surface area contributed by atoms with Crippen LogP contribution in [0.1, 0.15) is 6.92 Å². The Morgan fingerprint density at radius 3 is 2.93 bits per heavy atom. The summed E-state index contributed by atoms with van der Waals surface area (Å²) in [5, 5.41) is 10.5. The van der Waals surface area contributed by atoms with Crippen LogP contribution in [0.4, 0.5) is 0 Å². The lowest BCUT2D eigenvalue weighted by Crippen LogP contribution is -1.94. The van der Waals surface area contributed by atoms with Crippen LogP contribution in [-0.4, -0.2) is 16.7 Å². The van der Waals surface area contributed by atoms with Crippen LogP contribution in [-0.2, 0) is 0 Å². The van der Waals surface area contributed by atoms with Gasteiger partial charge in [-0.05, 0) is 19.1 Å². The van der Waals surface area contributed by atoms with Gasteiger partial charge in [0.2, 0.25) is 5.88 Å². The van der Waals surface area contributed by atoms with Gasteiger partial charge in [-0.3, -0.25) is 0 Å². The zero-order chi connectivity index (χ0) is 9.97. The summed E-state index contributed by atoms with van der Waals surface area (Å²) in [5.41, 5.74) is 0.582. The molecule has 2 rings (SSSR count). The molecule has 2 aromatic rings. The molecule has 72 valence electrons. The molecule has 1 heterocycles. The van der Waals surface area contributed by atoms with Crippen LogP contribution in [0.25, 0.3) is 10.9 Å². The number of phenols is 1. The molecule has 3 heteroatoms. The smallest absolute Gasteiger partial charge is 0.213 e. The van der Waals surface area contributed by atoms with Gasteiger partial charge in [-0.2, -0.15) is 0 Å². The number of nitrogens with zero attached hydrogens (tertiary/aromatic N) is 1. The Kier molecular flexibility index (Phi) is 2.23. The number of rotatable bonds is 2. The highest BCUT2D eigenvalue weighted by atomic mass is 16.5. The molecule has 1 N–H and O–H groups in total. The first kappa shape index (κ1) is 8.81. The highest BCUT2D eigenvalue weighted by Crippen LogP contribution is 2.24. The molecule has 0 aliphatic heterocycles. The van der Waals surface area contributed by atoms with Crippen LogP contribution in [0.5, 0.6) is 11.6 Å². The fourth-order valence-electron chi connectivity index (χ4n) is 1.34. The van der Waals surface area contributed by atoms with Gasteiger partial charge in [0.1, 0.15) is 11.3 Å². The Labute approximate surface area is 82.0 Å². The normalized spacial score (nSPS) is 10.4. The summed E-state index contributed by atoms with van der Waals surface area (Å²) < 4.78 is 5.25. The highest BCUT2D eigenvalue weighted by molar-refractivity contribution is 5.84. The molecule has 0 atom stereocenters. The van der Waals surface area contributed by atoms with Crippen LogP contribution in [0.2, 0.25) is 0 Å². The van der Waals surface area contributed by atoms with Crippen molar-refractivity contribution in [3.63, 3.8) is 0 Å². The Balaban J connectivity index is 2.58. The first-order valence-corrected chi connectivity index (χ1v) is 4.53. The third kappa shape index (κ3) is 1.48. The van der Waals surface area contributed by atoms with Crippen molar-refractivity contribution in [2.24, 2.45) is 0 Å². The van der Waals surface area contributed by atoms with E-state index < -0.39 is 0 Å². The standard InChI is InChI=1S/C11H11NO2/c1-2-14-10-7-6-8-4-3-5-9(13)11(8)12-10/h3-7,13H,2H2,1H3. The highest BCUT2D eigenvalue weighted by Gasteiger charge is 2.02. The Bertz CT molecular complexity index is 454. The average molecular weight is 189 g/mol. The molecule has 0 fully saturated rings. The van der Waals surface area contributed by atoms with Crippen LogP contribution in [0, 0.1) is 0 Å². The molecule has 0 spiro atoms. The minimum absolute atomic E-state index is 0.184. The van der Waals surface area contributed by atoms with Crippen molar-refractivity contribution in [2.75, 3.05) is 6.61 Å². The van der Waals surface area contributed by atoms with E-state index in [2.05, 4.69) is 4.98 Å². The number of aromatic nitrogens is 1. The van der Waals surface area contributed by atoms with E-state index in [1.54, 1.807) is 18.2 Å². The number of para-hydroxylation sites is 1. The summed E-state index contributed by atoms with van der Waals surface area (Å²) in [4.78, 5) is 4.19. The van der Waals surface area contributed by atoms with Crippen molar-refractivity contribution < 1.29 is 9.84 Å². The summed E-state index contributed by atoms with van der Waals surface area (Å²) in [7, 11) is 0. The third-order valence-corrected chi connectivity index (χ3v) is 1.97. The molecule has 0 saturated heterocycles. The Morgan fingerprint density at radius 1 is 1.29 bits per heavy atom. The molecule has 0 aliphatic rings. The van der Waals surface area contributed by atoms with Gasteiger partial charge in [0, 0.05) is 11.5 Å². The molecule has 14 heavy (non-hydrogen) atoms. The maximum absolute atomic E-state index is 9.55. The van der Waals surface area contributed by atoms with Gasteiger partial charge in [-0.15, -0.1) is 0 Å². The monoisotopic (exact) mass is 189 g/mol. The summed E-state index contributed by atoms with van der Waals surface area (Å²) in [6.45, 7) is 2.48. The largest absolute Gasteiger partial charge is 0.506 e. The summed E-state index contributed by atoms with van der Waals surface area (Å²) in [6.07, 6.45) is 0. The fraction of sp³-hybridized carbons (Fsp3) is 0.182. The van der Waals surface area contributed by atoms with E-state index in [0.717, 1.165) is 5.39 Å². The van der Waals surface area contributed by atoms with E-state index in [4.69, 9.17) is 4.74 Å². The Morgan fingerprint density at radius 2 is 2.14 bits per heavy atom. The average Bonchev–Trinajstić information content (AvgIpc) is 2.20. The van der Waals surface area contributed by atoms with Crippen molar-refractivity contribution in [1.29, 1.82) is 0 Å². The van der Waals surface area contributed by atoms with Crippen molar-refractivity contribution >= 4 is 10.9 Å². The van der Waals surface area contributed by atoms with E-state index in [9.17, 15) is 5.11 Å². The number of hydrogen-bond acceptors (Lipinski definition) is 3. The molecule has 0 amide bonds. The molecule has 0 radical (unpaired) electrons. The SMILES string of the molecule is CCOc1ccc2cccc(O)c2n1. The topological polar surface area (TPSA) is 42.4 Å². The molecule has 0 aliphatic carbocycles. The van der Waals surface area contributed by atoms with E-state index in [1.807, 2.05) is 19.1 Å². The predicted octanol–water partition coefficient (Wildman–Crippen LogP) is 2.34. The zero-order valence-electron chi connectivity index (χ0n) is 7.90. The number of hydrogen-bond donors (Lipinski definition) is 1. The van der Waals surface area contributed by atoms with Gasteiger partial charge in [0.15, 0.2) is 0 Å². The van der Waals surface area contributed by atoms with Gasteiger partial charge >= 0.3 is 0 Å². The number of aromatic hydroxyl groups is 1. The number of fused-ring (bicyclic) bond motifs is 1. The molecular weight excluding hydrogens is 178 g/mol. The van der Waals surface area contributed by atoms with Crippen LogP contribution in [0.3, 0.4) is 0 Å². The zero-order valence-corrected chi connectivity index (χ0v) is 7.90. The molecule has 0 saturated carbocycles. The lowest BCUT2D eigenvalue weighted by molar-refractivity contribution is 0.328. The second-order valence-electron chi connectivity index (χ2n) is 2.93. The molecule has 1 aromatic carbocycles.